The Labute approximate surface area is 155 Å². The smallest absolute Gasteiger partial charge is 0.416 e. The van der Waals surface area contributed by atoms with Gasteiger partial charge in [0.1, 0.15) is 0 Å². The van der Waals surface area contributed by atoms with Crippen molar-refractivity contribution in [3.8, 4) is 11.8 Å². The second-order valence-electron chi connectivity index (χ2n) is 6.24. The number of aliphatic carboxylic acids is 1. The second-order valence-corrected chi connectivity index (χ2v) is 6.24. The van der Waals surface area contributed by atoms with E-state index in [1.165, 1.54) is 12.1 Å². The number of carbonyl (C=O) groups is 1. The molecule has 0 spiro atoms. The first kappa shape index (κ1) is 20.5. The van der Waals surface area contributed by atoms with E-state index >= 15 is 0 Å². The van der Waals surface area contributed by atoms with Gasteiger partial charge in [-0.15, -0.1) is 0 Å². The van der Waals surface area contributed by atoms with Gasteiger partial charge in [-0.05, 0) is 49.7 Å². The highest BCUT2D eigenvalue weighted by molar-refractivity contribution is 5.72. The van der Waals surface area contributed by atoms with Gasteiger partial charge < -0.3 is 9.84 Å². The van der Waals surface area contributed by atoms with Crippen LogP contribution < -0.4 is 0 Å². The lowest BCUT2D eigenvalue weighted by Gasteiger charge is -2.16. The van der Waals surface area contributed by atoms with Crippen LogP contribution in [-0.4, -0.2) is 23.3 Å². The zero-order chi connectivity index (χ0) is 20.0. The summed E-state index contributed by atoms with van der Waals surface area (Å²) in [6.07, 6.45) is -5.45. The van der Waals surface area contributed by atoms with Gasteiger partial charge in [0.25, 0.3) is 0 Å². The van der Waals surface area contributed by atoms with Crippen molar-refractivity contribution in [2.24, 2.45) is 0 Å². The van der Waals surface area contributed by atoms with Gasteiger partial charge in [-0.1, -0.05) is 30.0 Å². The van der Waals surface area contributed by atoms with Crippen LogP contribution >= 0.6 is 0 Å². The number of rotatable bonds is 5. The Morgan fingerprint density at radius 3 is 2.22 bits per heavy atom. The minimum absolute atomic E-state index is 0.173. The molecule has 3 nitrogen and oxygen atoms in total. The van der Waals surface area contributed by atoms with Crippen LogP contribution in [-0.2, 0) is 22.1 Å². The average molecular weight is 376 g/mol. The summed E-state index contributed by atoms with van der Waals surface area (Å²) in [6.45, 7) is 3.51. The van der Waals surface area contributed by atoms with E-state index in [2.05, 4.69) is 11.8 Å². The number of hydrogen-bond donors (Lipinski definition) is 1. The fourth-order valence-corrected chi connectivity index (χ4v) is 2.43. The van der Waals surface area contributed by atoms with Gasteiger partial charge in [0.15, 0.2) is 6.10 Å². The predicted octanol–water partition coefficient (Wildman–Crippen LogP) is 4.53. The second kappa shape index (κ2) is 8.74. The number of hydrogen-bond acceptors (Lipinski definition) is 2. The zero-order valence-electron chi connectivity index (χ0n) is 14.9. The third-order valence-corrected chi connectivity index (χ3v) is 3.60. The maximum Gasteiger partial charge on any atom is 0.416 e. The molecule has 0 fully saturated rings. The van der Waals surface area contributed by atoms with E-state index in [9.17, 15) is 23.1 Å². The Hall–Kier alpha value is -2.78. The molecule has 2 aromatic carbocycles. The molecule has 27 heavy (non-hydrogen) atoms. The van der Waals surface area contributed by atoms with Gasteiger partial charge in [-0.25, -0.2) is 4.79 Å². The molecule has 0 bridgehead atoms. The van der Waals surface area contributed by atoms with Crippen molar-refractivity contribution in [3.05, 3.63) is 70.8 Å². The van der Waals surface area contributed by atoms with Crippen LogP contribution in [0.25, 0.3) is 0 Å². The highest BCUT2D eigenvalue weighted by Crippen LogP contribution is 2.29. The number of ether oxygens (including phenoxy) is 1. The minimum Gasteiger partial charge on any atom is -0.479 e. The first-order valence-electron chi connectivity index (χ1n) is 8.31. The first-order valence-corrected chi connectivity index (χ1v) is 8.31. The van der Waals surface area contributed by atoms with Crippen LogP contribution in [0.15, 0.2) is 48.5 Å². The van der Waals surface area contributed by atoms with E-state index in [0.29, 0.717) is 5.56 Å². The quantitative estimate of drug-likeness (QED) is 0.780. The monoisotopic (exact) mass is 376 g/mol. The summed E-state index contributed by atoms with van der Waals surface area (Å²) >= 11 is 0. The summed E-state index contributed by atoms with van der Waals surface area (Å²) in [5, 5.41) is 9.25. The molecule has 2 aromatic rings. The molecule has 0 saturated carbocycles. The van der Waals surface area contributed by atoms with Crippen molar-refractivity contribution in [1.82, 2.24) is 0 Å². The third-order valence-electron chi connectivity index (χ3n) is 3.60. The van der Waals surface area contributed by atoms with E-state index in [-0.39, 0.29) is 18.1 Å². The first-order chi connectivity index (χ1) is 12.6. The van der Waals surface area contributed by atoms with Crippen LogP contribution in [0.2, 0.25) is 0 Å². The molecule has 0 aliphatic carbocycles. The molecule has 142 valence electrons. The SMILES string of the molecule is CC(C)OC(Cc1cccc(C#Cc2cccc(C(F)(F)F)c2)c1)C(=O)O. The van der Waals surface area contributed by atoms with Crippen LogP contribution in [0.5, 0.6) is 0 Å². The number of carboxylic acid groups (broad SMARTS) is 1. The Balaban J connectivity index is 2.20. The minimum atomic E-state index is -4.42. The number of halogens is 3. The van der Waals surface area contributed by atoms with Crippen molar-refractivity contribution >= 4 is 5.97 Å². The van der Waals surface area contributed by atoms with Gasteiger partial charge in [0.2, 0.25) is 0 Å². The van der Waals surface area contributed by atoms with Crippen LogP contribution in [0, 0.1) is 11.8 Å². The molecule has 0 aliphatic rings. The van der Waals surface area contributed by atoms with Crippen LogP contribution in [0.1, 0.15) is 36.1 Å². The van der Waals surface area contributed by atoms with Crippen molar-refractivity contribution in [2.45, 2.75) is 38.7 Å². The van der Waals surface area contributed by atoms with Crippen molar-refractivity contribution in [1.29, 1.82) is 0 Å². The van der Waals surface area contributed by atoms with Gasteiger partial charge >= 0.3 is 12.1 Å². The molecular weight excluding hydrogens is 357 g/mol. The molecule has 6 heteroatoms. The Morgan fingerprint density at radius 1 is 1.07 bits per heavy atom. The van der Waals surface area contributed by atoms with Crippen LogP contribution in [0.3, 0.4) is 0 Å². The summed E-state index contributed by atoms with van der Waals surface area (Å²) in [5.74, 6) is 4.48. The Kier molecular flexibility index (Phi) is 6.65. The molecular formula is C21H19F3O3. The molecule has 0 saturated heterocycles. The molecule has 1 N–H and O–H groups in total. The van der Waals surface area contributed by atoms with E-state index < -0.39 is 23.8 Å². The third kappa shape index (κ3) is 6.46. The van der Waals surface area contributed by atoms with E-state index in [4.69, 9.17) is 4.74 Å². The molecule has 0 aromatic heterocycles. The van der Waals surface area contributed by atoms with Crippen LogP contribution in [0.4, 0.5) is 13.2 Å². The molecule has 0 radical (unpaired) electrons. The van der Waals surface area contributed by atoms with Gasteiger partial charge in [0, 0.05) is 17.5 Å². The van der Waals surface area contributed by atoms with Gasteiger partial charge in [-0.3, -0.25) is 0 Å². The number of benzene rings is 2. The summed E-state index contributed by atoms with van der Waals surface area (Å²) in [5.41, 5.74) is 0.803. The summed E-state index contributed by atoms with van der Waals surface area (Å²) in [6, 6.07) is 11.7. The maximum absolute atomic E-state index is 12.8. The molecule has 2 rings (SSSR count). The van der Waals surface area contributed by atoms with Crippen molar-refractivity contribution < 1.29 is 27.8 Å². The van der Waals surface area contributed by atoms with E-state index in [0.717, 1.165) is 17.7 Å². The molecule has 1 atom stereocenters. The molecule has 0 heterocycles. The van der Waals surface area contributed by atoms with Gasteiger partial charge in [-0.2, -0.15) is 13.2 Å². The zero-order valence-corrected chi connectivity index (χ0v) is 14.9. The highest BCUT2D eigenvalue weighted by Gasteiger charge is 2.30. The normalized spacial score (nSPS) is 12.4. The summed E-state index contributed by atoms with van der Waals surface area (Å²) in [7, 11) is 0. The number of alkyl halides is 3. The maximum atomic E-state index is 12.8. The Morgan fingerprint density at radius 2 is 1.67 bits per heavy atom. The van der Waals surface area contributed by atoms with Crippen molar-refractivity contribution in [2.75, 3.05) is 0 Å². The van der Waals surface area contributed by atoms with Crippen molar-refractivity contribution in [3.63, 3.8) is 0 Å². The number of carboxylic acids is 1. The Bertz CT molecular complexity index is 861. The predicted molar refractivity (Wildman–Crippen MR) is 95.2 cm³/mol. The standard InChI is InChI=1S/C21H19F3O3/c1-14(2)27-19(20(25)26)13-17-7-3-5-15(11-17)9-10-16-6-4-8-18(12-16)21(22,23)24/h3-8,11-12,14,19H,13H2,1-2H3,(H,25,26). The molecule has 0 aliphatic heterocycles. The van der Waals surface area contributed by atoms with Gasteiger partial charge in [0.05, 0.1) is 11.7 Å². The highest BCUT2D eigenvalue weighted by atomic mass is 19.4. The largest absolute Gasteiger partial charge is 0.479 e. The van der Waals surface area contributed by atoms with E-state index in [1.807, 2.05) is 0 Å². The fraction of sp³-hybridized carbons (Fsp3) is 0.286. The summed E-state index contributed by atoms with van der Waals surface area (Å²) < 4.78 is 43.6. The fourth-order valence-electron chi connectivity index (χ4n) is 2.43. The lowest BCUT2D eigenvalue weighted by molar-refractivity contribution is -0.153. The lowest BCUT2D eigenvalue weighted by Crippen LogP contribution is -2.29. The molecule has 1 unspecified atom stereocenters. The molecule has 0 amide bonds. The van der Waals surface area contributed by atoms with E-state index in [1.54, 1.807) is 38.1 Å². The summed E-state index contributed by atoms with van der Waals surface area (Å²) in [4.78, 5) is 11.3. The lowest BCUT2D eigenvalue weighted by atomic mass is 10.0. The average Bonchev–Trinajstić information content (AvgIpc) is 2.59. The topological polar surface area (TPSA) is 46.5 Å².